The van der Waals surface area contributed by atoms with Crippen LogP contribution >= 0.6 is 11.6 Å². The van der Waals surface area contributed by atoms with Crippen LogP contribution in [0.4, 0.5) is 15.9 Å². The van der Waals surface area contributed by atoms with Crippen LogP contribution in [-0.4, -0.2) is 39.5 Å². The van der Waals surface area contributed by atoms with Gasteiger partial charge in [0, 0.05) is 30.2 Å². The standard InChI is InChI=1S/C27H23ClFN5O3/c1-30-24-19-8-7-18(13-22(19)33-23(34-24)16-3-5-17(29)6-4-16)32-25(35)20-12-15(2-9-21(20)28)14-31-26(36)27(37)10-11-27/h2-9,12-13,37H,10-11,14H2,1H3,(H,31,36)(H,32,35)(H,30,33,34). The first-order valence-electron chi connectivity index (χ1n) is 11.6. The molecular weight excluding hydrogens is 497 g/mol. The van der Waals surface area contributed by atoms with E-state index < -0.39 is 17.4 Å². The van der Waals surface area contributed by atoms with E-state index in [2.05, 4.69) is 25.9 Å². The van der Waals surface area contributed by atoms with Crippen LogP contribution in [0.15, 0.2) is 60.7 Å². The number of hydrogen-bond acceptors (Lipinski definition) is 6. The number of nitrogens with one attached hydrogen (secondary N) is 3. The Balaban J connectivity index is 1.38. The van der Waals surface area contributed by atoms with Gasteiger partial charge in [0.2, 0.25) is 0 Å². The highest BCUT2D eigenvalue weighted by molar-refractivity contribution is 6.34. The topological polar surface area (TPSA) is 116 Å². The van der Waals surface area contributed by atoms with Crippen molar-refractivity contribution in [1.29, 1.82) is 0 Å². The molecule has 4 aromatic rings. The summed E-state index contributed by atoms with van der Waals surface area (Å²) < 4.78 is 13.4. The Bertz CT molecular complexity index is 1520. The van der Waals surface area contributed by atoms with Crippen molar-refractivity contribution in [1.82, 2.24) is 15.3 Å². The average molecular weight is 520 g/mol. The normalized spacial score (nSPS) is 13.7. The Morgan fingerprint density at radius 2 is 1.81 bits per heavy atom. The molecule has 3 aromatic carbocycles. The number of fused-ring (bicyclic) bond motifs is 1. The Kier molecular flexibility index (Phi) is 6.49. The van der Waals surface area contributed by atoms with E-state index in [4.69, 9.17) is 11.6 Å². The lowest BCUT2D eigenvalue weighted by Gasteiger charge is -2.13. The smallest absolute Gasteiger partial charge is 0.257 e. The second-order valence-electron chi connectivity index (χ2n) is 8.87. The molecule has 10 heteroatoms. The summed E-state index contributed by atoms with van der Waals surface area (Å²) in [6.45, 7) is 0.157. The molecular formula is C27H23ClFN5O3. The Morgan fingerprint density at radius 3 is 2.51 bits per heavy atom. The summed E-state index contributed by atoms with van der Waals surface area (Å²) in [4.78, 5) is 34.2. The number of halogens is 2. The predicted octanol–water partition coefficient (Wildman–Crippen LogP) is 4.52. The number of carbonyl (C=O) groups is 2. The second kappa shape index (κ2) is 9.76. The summed E-state index contributed by atoms with van der Waals surface area (Å²) in [5.74, 6) is -0.203. The number of benzene rings is 3. The SMILES string of the molecule is CNc1nc(-c2ccc(F)cc2)nc2cc(NC(=O)c3cc(CNC(=O)C4(O)CC4)ccc3Cl)ccc12. The summed E-state index contributed by atoms with van der Waals surface area (Å²) in [5.41, 5.74) is 1.37. The van der Waals surface area contributed by atoms with Crippen LogP contribution in [0.25, 0.3) is 22.3 Å². The van der Waals surface area contributed by atoms with Crippen molar-refractivity contribution in [2.45, 2.75) is 25.0 Å². The summed E-state index contributed by atoms with van der Waals surface area (Å²) in [7, 11) is 1.74. The first kappa shape index (κ1) is 24.6. The fourth-order valence-corrected chi connectivity index (χ4v) is 4.08. The fourth-order valence-electron chi connectivity index (χ4n) is 3.87. The molecule has 188 valence electrons. The second-order valence-corrected chi connectivity index (χ2v) is 9.27. The number of hydrogen-bond donors (Lipinski definition) is 4. The summed E-state index contributed by atoms with van der Waals surface area (Å²) in [5, 5.41) is 19.5. The van der Waals surface area contributed by atoms with Gasteiger partial charge in [-0.25, -0.2) is 14.4 Å². The highest BCUT2D eigenvalue weighted by Crippen LogP contribution is 2.35. The molecule has 0 unspecified atom stereocenters. The van der Waals surface area contributed by atoms with Crippen LogP contribution in [-0.2, 0) is 11.3 Å². The molecule has 0 bridgehead atoms. The van der Waals surface area contributed by atoms with Crippen molar-refractivity contribution >= 4 is 45.8 Å². The van der Waals surface area contributed by atoms with E-state index in [0.29, 0.717) is 46.8 Å². The first-order valence-corrected chi connectivity index (χ1v) is 12.0. The molecule has 1 heterocycles. The number of aliphatic hydroxyl groups is 1. The molecule has 0 saturated heterocycles. The van der Waals surface area contributed by atoms with Crippen molar-refractivity contribution in [3.8, 4) is 11.4 Å². The Labute approximate surface area is 216 Å². The molecule has 0 spiro atoms. The molecule has 4 N–H and O–H groups in total. The average Bonchev–Trinajstić information content (AvgIpc) is 3.66. The zero-order valence-corrected chi connectivity index (χ0v) is 20.6. The van der Waals surface area contributed by atoms with Crippen LogP contribution in [0.2, 0.25) is 5.02 Å². The first-order chi connectivity index (χ1) is 17.8. The maximum atomic E-state index is 13.4. The highest BCUT2D eigenvalue weighted by Gasteiger charge is 2.47. The molecule has 37 heavy (non-hydrogen) atoms. The fraction of sp³-hybridized carbons (Fsp3) is 0.185. The highest BCUT2D eigenvalue weighted by atomic mass is 35.5. The monoisotopic (exact) mass is 519 g/mol. The molecule has 0 aliphatic heterocycles. The molecule has 0 atom stereocenters. The van der Waals surface area contributed by atoms with Gasteiger partial charge in [-0.1, -0.05) is 17.7 Å². The van der Waals surface area contributed by atoms with Crippen molar-refractivity contribution in [3.63, 3.8) is 0 Å². The lowest BCUT2D eigenvalue weighted by atomic mass is 10.1. The third kappa shape index (κ3) is 5.23. The molecule has 8 nitrogen and oxygen atoms in total. The Hall–Kier alpha value is -4.08. The van der Waals surface area contributed by atoms with Crippen molar-refractivity contribution in [3.05, 3.63) is 82.6 Å². The van der Waals surface area contributed by atoms with Gasteiger partial charge in [0.25, 0.3) is 11.8 Å². The van der Waals surface area contributed by atoms with E-state index in [1.54, 1.807) is 55.6 Å². The number of aromatic nitrogens is 2. The van der Waals surface area contributed by atoms with Crippen LogP contribution in [0.1, 0.15) is 28.8 Å². The third-order valence-corrected chi connectivity index (χ3v) is 6.50. The number of amides is 2. The minimum absolute atomic E-state index is 0.157. The summed E-state index contributed by atoms with van der Waals surface area (Å²) in [6, 6.07) is 16.0. The van der Waals surface area contributed by atoms with E-state index in [1.807, 2.05) is 0 Å². The third-order valence-electron chi connectivity index (χ3n) is 6.17. The largest absolute Gasteiger partial charge is 0.380 e. The molecule has 1 saturated carbocycles. The van der Waals surface area contributed by atoms with Gasteiger partial charge in [0.1, 0.15) is 17.2 Å². The quantitative estimate of drug-likeness (QED) is 0.285. The van der Waals surface area contributed by atoms with E-state index in [-0.39, 0.29) is 22.9 Å². The molecule has 1 aliphatic carbocycles. The molecule has 5 rings (SSSR count). The van der Waals surface area contributed by atoms with Crippen LogP contribution in [0, 0.1) is 5.82 Å². The number of carbonyl (C=O) groups excluding carboxylic acids is 2. The Morgan fingerprint density at radius 1 is 1.05 bits per heavy atom. The van der Waals surface area contributed by atoms with Gasteiger partial charge < -0.3 is 21.1 Å². The summed E-state index contributed by atoms with van der Waals surface area (Å²) in [6.07, 6.45) is 0.899. The molecule has 2 amide bonds. The molecule has 1 aromatic heterocycles. The zero-order valence-electron chi connectivity index (χ0n) is 19.8. The van der Waals surface area contributed by atoms with Gasteiger partial charge in [-0.15, -0.1) is 0 Å². The number of nitrogens with zero attached hydrogens (tertiary/aromatic N) is 2. The van der Waals surface area contributed by atoms with Gasteiger partial charge in [-0.3, -0.25) is 9.59 Å². The van der Waals surface area contributed by atoms with Crippen LogP contribution in [0.3, 0.4) is 0 Å². The predicted molar refractivity (Wildman–Crippen MR) is 140 cm³/mol. The molecule has 0 radical (unpaired) electrons. The lowest BCUT2D eigenvalue weighted by Crippen LogP contribution is -2.35. The van der Waals surface area contributed by atoms with Gasteiger partial charge in [-0.2, -0.15) is 0 Å². The van der Waals surface area contributed by atoms with Crippen molar-refractivity contribution in [2.75, 3.05) is 17.7 Å². The molecule has 1 aliphatic rings. The van der Waals surface area contributed by atoms with E-state index in [9.17, 15) is 19.1 Å². The maximum Gasteiger partial charge on any atom is 0.257 e. The van der Waals surface area contributed by atoms with Gasteiger partial charge in [0.05, 0.1) is 16.1 Å². The number of anilines is 2. The van der Waals surface area contributed by atoms with E-state index in [1.165, 1.54) is 12.1 Å². The minimum atomic E-state index is -1.27. The lowest BCUT2D eigenvalue weighted by molar-refractivity contribution is -0.131. The summed E-state index contributed by atoms with van der Waals surface area (Å²) >= 11 is 6.29. The van der Waals surface area contributed by atoms with Crippen LogP contribution < -0.4 is 16.0 Å². The zero-order chi connectivity index (χ0) is 26.2. The van der Waals surface area contributed by atoms with Gasteiger partial charge in [0.15, 0.2) is 5.82 Å². The maximum absolute atomic E-state index is 13.4. The van der Waals surface area contributed by atoms with Crippen molar-refractivity contribution in [2.24, 2.45) is 0 Å². The van der Waals surface area contributed by atoms with Gasteiger partial charge in [-0.05, 0) is 73.0 Å². The van der Waals surface area contributed by atoms with Crippen LogP contribution in [0.5, 0.6) is 0 Å². The molecule has 1 fully saturated rings. The van der Waals surface area contributed by atoms with E-state index in [0.717, 1.165) is 5.39 Å². The van der Waals surface area contributed by atoms with Crippen molar-refractivity contribution < 1.29 is 19.1 Å². The van der Waals surface area contributed by atoms with E-state index >= 15 is 0 Å². The minimum Gasteiger partial charge on any atom is -0.380 e. The van der Waals surface area contributed by atoms with Gasteiger partial charge >= 0.3 is 0 Å². The number of rotatable bonds is 7.